The van der Waals surface area contributed by atoms with E-state index in [9.17, 15) is 0 Å². The average molecular weight is 263 g/mol. The fourth-order valence-corrected chi connectivity index (χ4v) is 3.88. The third-order valence-electron chi connectivity index (χ3n) is 3.67. The molecule has 2 aliphatic rings. The number of fused-ring (bicyclic) bond motifs is 2. The Hall–Kier alpha value is -0.560. The zero-order valence-corrected chi connectivity index (χ0v) is 10.6. The van der Waals surface area contributed by atoms with E-state index >= 15 is 0 Å². The van der Waals surface area contributed by atoms with Crippen LogP contribution in [-0.4, -0.2) is 0 Å². The van der Waals surface area contributed by atoms with E-state index in [0.29, 0.717) is 5.92 Å². The SMILES string of the molecule is CC1C=Cc2cc3c(c(Br)c21)CCCC3. The summed E-state index contributed by atoms with van der Waals surface area (Å²) in [5.41, 5.74) is 6.10. The van der Waals surface area contributed by atoms with Gasteiger partial charge in [-0.2, -0.15) is 0 Å². The van der Waals surface area contributed by atoms with Crippen LogP contribution in [0.4, 0.5) is 0 Å². The van der Waals surface area contributed by atoms with E-state index in [4.69, 9.17) is 0 Å². The molecule has 0 aliphatic heterocycles. The smallest absolute Gasteiger partial charge is 0.0253 e. The minimum absolute atomic E-state index is 0.585. The van der Waals surface area contributed by atoms with E-state index in [1.165, 1.54) is 41.3 Å². The summed E-state index contributed by atoms with van der Waals surface area (Å²) in [6, 6.07) is 2.41. The summed E-state index contributed by atoms with van der Waals surface area (Å²) in [4.78, 5) is 0. The summed E-state index contributed by atoms with van der Waals surface area (Å²) in [6.45, 7) is 2.28. The van der Waals surface area contributed by atoms with Crippen LogP contribution in [0, 0.1) is 0 Å². The lowest BCUT2D eigenvalue weighted by atomic mass is 9.87. The predicted octanol–water partition coefficient (Wildman–Crippen LogP) is 4.46. The third kappa shape index (κ3) is 1.40. The first-order valence-corrected chi connectivity index (χ1v) is 6.59. The molecule has 0 radical (unpaired) electrons. The first-order valence-electron chi connectivity index (χ1n) is 5.79. The first-order chi connectivity index (χ1) is 7.27. The largest absolute Gasteiger partial charge is 0.0766 e. The highest BCUT2D eigenvalue weighted by molar-refractivity contribution is 9.10. The van der Waals surface area contributed by atoms with Crippen LogP contribution in [-0.2, 0) is 12.8 Å². The van der Waals surface area contributed by atoms with Gasteiger partial charge in [-0.3, -0.25) is 0 Å². The lowest BCUT2D eigenvalue weighted by molar-refractivity contribution is 0.681. The summed E-state index contributed by atoms with van der Waals surface area (Å²) in [5.74, 6) is 0.585. The summed E-state index contributed by atoms with van der Waals surface area (Å²) < 4.78 is 1.40. The normalized spacial score (nSPS) is 22.7. The van der Waals surface area contributed by atoms with Crippen molar-refractivity contribution in [2.75, 3.05) is 0 Å². The van der Waals surface area contributed by atoms with Crippen LogP contribution in [0.15, 0.2) is 16.6 Å². The Kier molecular flexibility index (Phi) is 2.24. The molecule has 1 unspecified atom stereocenters. The molecular weight excluding hydrogens is 248 g/mol. The van der Waals surface area contributed by atoms with Crippen LogP contribution < -0.4 is 0 Å². The molecule has 15 heavy (non-hydrogen) atoms. The summed E-state index contributed by atoms with van der Waals surface area (Å²) in [7, 11) is 0. The van der Waals surface area contributed by atoms with Gasteiger partial charge in [0, 0.05) is 10.4 Å². The van der Waals surface area contributed by atoms with Gasteiger partial charge >= 0.3 is 0 Å². The Labute approximate surface area is 99.5 Å². The Bertz CT molecular complexity index is 443. The molecule has 0 N–H and O–H groups in total. The van der Waals surface area contributed by atoms with Crippen molar-refractivity contribution in [1.29, 1.82) is 0 Å². The van der Waals surface area contributed by atoms with Crippen molar-refractivity contribution in [2.45, 2.75) is 38.5 Å². The highest BCUT2D eigenvalue weighted by Crippen LogP contribution is 2.41. The van der Waals surface area contributed by atoms with Crippen molar-refractivity contribution in [3.8, 4) is 0 Å². The lowest BCUT2D eigenvalue weighted by Gasteiger charge is -2.21. The van der Waals surface area contributed by atoms with E-state index in [1.54, 1.807) is 11.1 Å². The van der Waals surface area contributed by atoms with E-state index in [-0.39, 0.29) is 0 Å². The second-order valence-corrected chi connectivity index (χ2v) is 5.48. The number of halogens is 1. The molecule has 0 spiro atoms. The zero-order valence-electron chi connectivity index (χ0n) is 9.02. The van der Waals surface area contributed by atoms with Crippen LogP contribution in [0.1, 0.15) is 47.9 Å². The predicted molar refractivity (Wildman–Crippen MR) is 68.2 cm³/mol. The average Bonchev–Trinajstić information content (AvgIpc) is 2.61. The van der Waals surface area contributed by atoms with E-state index in [0.717, 1.165) is 0 Å². The fraction of sp³-hybridized carbons (Fsp3) is 0.429. The monoisotopic (exact) mass is 262 g/mol. The molecule has 0 fully saturated rings. The quantitative estimate of drug-likeness (QED) is 0.648. The third-order valence-corrected chi connectivity index (χ3v) is 4.58. The Balaban J connectivity index is 2.23. The molecule has 0 bridgehead atoms. The van der Waals surface area contributed by atoms with Crippen molar-refractivity contribution in [2.24, 2.45) is 0 Å². The summed E-state index contributed by atoms with van der Waals surface area (Å²) in [6.07, 6.45) is 9.82. The fourth-order valence-electron chi connectivity index (χ4n) is 2.84. The standard InChI is InChI=1S/C14H15Br/c1-9-6-7-11-8-10-4-2-3-5-12(10)14(15)13(9)11/h6-9H,2-5H2,1H3. The molecule has 0 aromatic heterocycles. The van der Waals surface area contributed by atoms with E-state index in [1.807, 2.05) is 0 Å². The molecule has 1 aromatic carbocycles. The maximum Gasteiger partial charge on any atom is 0.0253 e. The van der Waals surface area contributed by atoms with Gasteiger partial charge in [0.05, 0.1) is 0 Å². The van der Waals surface area contributed by atoms with Gasteiger partial charge in [-0.15, -0.1) is 0 Å². The molecule has 0 saturated heterocycles. The van der Waals surface area contributed by atoms with Gasteiger partial charge in [0.25, 0.3) is 0 Å². The second-order valence-electron chi connectivity index (χ2n) is 4.69. The lowest BCUT2D eigenvalue weighted by Crippen LogP contribution is -2.06. The minimum atomic E-state index is 0.585. The van der Waals surface area contributed by atoms with Crippen LogP contribution in [0.2, 0.25) is 0 Å². The number of rotatable bonds is 0. The molecule has 1 aromatic rings. The van der Waals surface area contributed by atoms with Crippen LogP contribution in [0.5, 0.6) is 0 Å². The van der Waals surface area contributed by atoms with Crippen molar-refractivity contribution < 1.29 is 0 Å². The topological polar surface area (TPSA) is 0 Å². The molecule has 1 atom stereocenters. The van der Waals surface area contributed by atoms with Gasteiger partial charge in [0.15, 0.2) is 0 Å². The van der Waals surface area contributed by atoms with Crippen molar-refractivity contribution in [1.82, 2.24) is 0 Å². The molecule has 0 nitrogen and oxygen atoms in total. The zero-order chi connectivity index (χ0) is 10.4. The number of allylic oxidation sites excluding steroid dienone is 1. The van der Waals surface area contributed by atoms with Crippen molar-refractivity contribution in [3.63, 3.8) is 0 Å². The molecule has 78 valence electrons. The summed E-state index contributed by atoms with van der Waals surface area (Å²) in [5, 5.41) is 0. The number of aryl methyl sites for hydroxylation is 1. The second kappa shape index (κ2) is 3.48. The van der Waals surface area contributed by atoms with Crippen molar-refractivity contribution >= 4 is 22.0 Å². The summed E-state index contributed by atoms with van der Waals surface area (Å²) >= 11 is 3.82. The van der Waals surface area contributed by atoms with Crippen LogP contribution >= 0.6 is 15.9 Å². The van der Waals surface area contributed by atoms with E-state index in [2.05, 4.69) is 41.1 Å². The maximum absolute atomic E-state index is 3.82. The molecule has 2 aliphatic carbocycles. The Morgan fingerprint density at radius 2 is 2.07 bits per heavy atom. The molecule has 0 amide bonds. The molecule has 0 heterocycles. The van der Waals surface area contributed by atoms with Gasteiger partial charge in [0.2, 0.25) is 0 Å². The number of benzene rings is 1. The molecule has 0 saturated carbocycles. The number of hydrogen-bond donors (Lipinski definition) is 0. The Morgan fingerprint density at radius 3 is 2.93 bits per heavy atom. The van der Waals surface area contributed by atoms with E-state index < -0.39 is 0 Å². The molecular formula is C14H15Br. The van der Waals surface area contributed by atoms with Crippen LogP contribution in [0.3, 0.4) is 0 Å². The highest BCUT2D eigenvalue weighted by atomic mass is 79.9. The Morgan fingerprint density at radius 1 is 1.27 bits per heavy atom. The molecule has 1 heteroatoms. The van der Waals surface area contributed by atoms with Gasteiger partial charge < -0.3 is 0 Å². The van der Waals surface area contributed by atoms with Crippen molar-refractivity contribution in [3.05, 3.63) is 38.9 Å². The van der Waals surface area contributed by atoms with Gasteiger partial charge in [-0.05, 0) is 47.9 Å². The highest BCUT2D eigenvalue weighted by Gasteiger charge is 2.22. The molecule has 3 rings (SSSR count). The first kappa shape index (κ1) is 9.65. The van der Waals surface area contributed by atoms with Gasteiger partial charge in [-0.25, -0.2) is 0 Å². The van der Waals surface area contributed by atoms with Gasteiger partial charge in [0.1, 0.15) is 0 Å². The number of hydrogen-bond acceptors (Lipinski definition) is 0. The van der Waals surface area contributed by atoms with Crippen LogP contribution in [0.25, 0.3) is 6.08 Å². The van der Waals surface area contributed by atoms with Gasteiger partial charge in [-0.1, -0.05) is 41.1 Å². The minimum Gasteiger partial charge on any atom is -0.0766 e. The maximum atomic E-state index is 3.82.